The number of carbonyl (C=O) groups is 1. The van der Waals surface area contributed by atoms with E-state index in [4.69, 9.17) is 4.74 Å². The number of hydrogen-bond donors (Lipinski definition) is 1. The van der Waals surface area contributed by atoms with Crippen LogP contribution in [0.3, 0.4) is 0 Å². The van der Waals surface area contributed by atoms with Crippen LogP contribution in [0.5, 0.6) is 5.75 Å². The molecule has 0 aliphatic carbocycles. The summed E-state index contributed by atoms with van der Waals surface area (Å²) in [5.74, 6) is 0.371. The maximum atomic E-state index is 11.9. The Hall–Kier alpha value is -2.88. The van der Waals surface area contributed by atoms with Gasteiger partial charge in [-0.1, -0.05) is 69.3 Å². The number of rotatable bonds is 6. The molecular weight excluding hydrogens is 324 g/mol. The zero-order valence-electron chi connectivity index (χ0n) is 15.8. The summed E-state index contributed by atoms with van der Waals surface area (Å²) < 4.78 is 5.50. The maximum Gasteiger partial charge on any atom is 0.277 e. The van der Waals surface area contributed by atoms with E-state index >= 15 is 0 Å². The van der Waals surface area contributed by atoms with Crippen LogP contribution < -0.4 is 10.2 Å². The lowest BCUT2D eigenvalue weighted by Gasteiger charge is -2.19. The number of nitrogens with zero attached hydrogens (tertiary/aromatic N) is 1. The predicted octanol–water partition coefficient (Wildman–Crippen LogP) is 4.57. The van der Waals surface area contributed by atoms with Gasteiger partial charge in [-0.05, 0) is 41.7 Å². The molecule has 0 spiro atoms. The Morgan fingerprint density at radius 2 is 1.73 bits per heavy atom. The molecule has 4 heteroatoms. The minimum Gasteiger partial charge on any atom is -0.484 e. The van der Waals surface area contributed by atoms with Gasteiger partial charge in [0.05, 0.1) is 5.71 Å². The fraction of sp³-hybridized carbons (Fsp3) is 0.273. The Kier molecular flexibility index (Phi) is 6.73. The summed E-state index contributed by atoms with van der Waals surface area (Å²) in [6.45, 7) is 8.22. The second-order valence-corrected chi connectivity index (χ2v) is 7.10. The molecule has 26 heavy (non-hydrogen) atoms. The van der Waals surface area contributed by atoms with Crippen molar-refractivity contribution >= 4 is 17.7 Å². The van der Waals surface area contributed by atoms with Gasteiger partial charge in [0, 0.05) is 0 Å². The van der Waals surface area contributed by atoms with E-state index in [1.54, 1.807) is 0 Å². The van der Waals surface area contributed by atoms with Crippen molar-refractivity contribution in [2.24, 2.45) is 5.10 Å². The highest BCUT2D eigenvalue weighted by atomic mass is 16.5. The third kappa shape index (κ3) is 6.55. The summed E-state index contributed by atoms with van der Waals surface area (Å²) in [7, 11) is 0. The molecule has 0 aliphatic heterocycles. The van der Waals surface area contributed by atoms with Gasteiger partial charge in [0.25, 0.3) is 5.91 Å². The van der Waals surface area contributed by atoms with Crippen LogP contribution in [0.2, 0.25) is 0 Å². The minimum absolute atomic E-state index is 0.0754. The van der Waals surface area contributed by atoms with Gasteiger partial charge < -0.3 is 4.74 Å². The van der Waals surface area contributed by atoms with Gasteiger partial charge in [0.15, 0.2) is 6.61 Å². The highest BCUT2D eigenvalue weighted by Gasteiger charge is 2.13. The van der Waals surface area contributed by atoms with Crippen molar-refractivity contribution in [3.63, 3.8) is 0 Å². The van der Waals surface area contributed by atoms with Crippen LogP contribution in [0.1, 0.15) is 38.8 Å². The SMILES string of the molecule is CC(/C=C/c1ccccc1)=N\NC(=O)COc1ccc(C(C)(C)C)cc1. The Bertz CT molecular complexity index is 770. The van der Waals surface area contributed by atoms with Gasteiger partial charge >= 0.3 is 0 Å². The van der Waals surface area contributed by atoms with Crippen molar-refractivity contribution in [2.75, 3.05) is 6.61 Å². The number of hydrogen-bond acceptors (Lipinski definition) is 3. The number of amides is 1. The average molecular weight is 350 g/mol. The second kappa shape index (κ2) is 8.99. The van der Waals surface area contributed by atoms with Crippen molar-refractivity contribution in [3.05, 3.63) is 71.8 Å². The zero-order chi connectivity index (χ0) is 19.0. The van der Waals surface area contributed by atoms with Crippen LogP contribution in [0.25, 0.3) is 6.08 Å². The van der Waals surface area contributed by atoms with Gasteiger partial charge in [-0.2, -0.15) is 5.10 Å². The van der Waals surface area contributed by atoms with Crippen molar-refractivity contribution in [3.8, 4) is 5.75 Å². The number of allylic oxidation sites excluding steroid dienone is 1. The summed E-state index contributed by atoms with van der Waals surface area (Å²) in [5, 5.41) is 4.05. The van der Waals surface area contributed by atoms with E-state index in [0.29, 0.717) is 11.5 Å². The molecule has 0 heterocycles. The minimum atomic E-state index is -0.294. The largest absolute Gasteiger partial charge is 0.484 e. The number of benzene rings is 2. The molecule has 0 aromatic heterocycles. The fourth-order valence-electron chi connectivity index (χ4n) is 2.20. The van der Waals surface area contributed by atoms with E-state index < -0.39 is 0 Å². The monoisotopic (exact) mass is 350 g/mol. The molecule has 1 amide bonds. The van der Waals surface area contributed by atoms with Gasteiger partial charge in [-0.25, -0.2) is 5.43 Å². The van der Waals surface area contributed by atoms with E-state index in [0.717, 1.165) is 5.56 Å². The van der Waals surface area contributed by atoms with E-state index in [2.05, 4.69) is 31.3 Å². The lowest BCUT2D eigenvalue weighted by Crippen LogP contribution is -2.25. The predicted molar refractivity (Wildman–Crippen MR) is 107 cm³/mol. The van der Waals surface area contributed by atoms with Gasteiger partial charge in [0.1, 0.15) is 5.75 Å². The number of ether oxygens (including phenoxy) is 1. The molecule has 0 atom stereocenters. The summed E-state index contributed by atoms with van der Waals surface area (Å²) in [6.07, 6.45) is 3.79. The van der Waals surface area contributed by atoms with Gasteiger partial charge in [0.2, 0.25) is 0 Å². The van der Waals surface area contributed by atoms with Crippen LogP contribution >= 0.6 is 0 Å². The Morgan fingerprint density at radius 3 is 2.35 bits per heavy atom. The zero-order valence-corrected chi connectivity index (χ0v) is 15.8. The average Bonchev–Trinajstić information content (AvgIpc) is 2.63. The van der Waals surface area contributed by atoms with Crippen molar-refractivity contribution in [1.29, 1.82) is 0 Å². The molecule has 2 aromatic carbocycles. The quantitative estimate of drug-likeness (QED) is 0.613. The number of nitrogens with one attached hydrogen (secondary N) is 1. The first-order valence-corrected chi connectivity index (χ1v) is 8.64. The van der Waals surface area contributed by atoms with Crippen molar-refractivity contribution < 1.29 is 9.53 Å². The third-order valence-corrected chi connectivity index (χ3v) is 3.76. The lowest BCUT2D eigenvalue weighted by molar-refractivity contribution is -0.123. The number of carbonyl (C=O) groups excluding carboxylic acids is 1. The van der Waals surface area contributed by atoms with E-state index in [9.17, 15) is 4.79 Å². The summed E-state index contributed by atoms with van der Waals surface area (Å²) in [6, 6.07) is 17.7. The number of hydrazone groups is 1. The molecule has 0 aliphatic rings. The molecule has 1 N–H and O–H groups in total. The van der Waals surface area contributed by atoms with Gasteiger partial charge in [-0.3, -0.25) is 4.79 Å². The lowest BCUT2D eigenvalue weighted by atomic mass is 9.87. The standard InChI is InChI=1S/C22H26N2O2/c1-17(10-11-18-8-6-5-7-9-18)23-24-21(25)16-26-20-14-12-19(13-15-20)22(2,3)4/h5-15H,16H2,1-4H3,(H,24,25)/b11-10+,23-17+. The van der Waals surface area contributed by atoms with Crippen molar-refractivity contribution in [2.45, 2.75) is 33.1 Å². The molecule has 0 radical (unpaired) electrons. The molecule has 2 aromatic rings. The third-order valence-electron chi connectivity index (χ3n) is 3.76. The van der Waals surface area contributed by atoms with Crippen molar-refractivity contribution in [1.82, 2.24) is 5.43 Å². The highest BCUT2D eigenvalue weighted by Crippen LogP contribution is 2.24. The highest BCUT2D eigenvalue weighted by molar-refractivity contribution is 5.97. The molecule has 0 saturated carbocycles. The molecule has 0 bridgehead atoms. The second-order valence-electron chi connectivity index (χ2n) is 7.10. The van der Waals surface area contributed by atoms with E-state index in [1.807, 2.05) is 73.7 Å². The molecular formula is C22H26N2O2. The fourth-order valence-corrected chi connectivity index (χ4v) is 2.20. The van der Waals surface area contributed by atoms with Crippen LogP contribution in [-0.2, 0) is 10.2 Å². The maximum absolute atomic E-state index is 11.9. The van der Waals surface area contributed by atoms with Crippen LogP contribution in [0.4, 0.5) is 0 Å². The smallest absolute Gasteiger partial charge is 0.277 e. The topological polar surface area (TPSA) is 50.7 Å². The van der Waals surface area contributed by atoms with E-state index in [1.165, 1.54) is 5.56 Å². The Labute approximate surface area is 155 Å². The molecule has 2 rings (SSSR count). The normalized spacial score (nSPS) is 12.2. The van der Waals surface area contributed by atoms with E-state index in [-0.39, 0.29) is 17.9 Å². The Balaban J connectivity index is 1.80. The molecule has 0 fully saturated rings. The molecule has 136 valence electrons. The first-order valence-electron chi connectivity index (χ1n) is 8.64. The molecule has 0 saturated heterocycles. The first-order chi connectivity index (χ1) is 12.3. The van der Waals surface area contributed by atoms with Crippen LogP contribution in [0, 0.1) is 0 Å². The summed E-state index contributed by atoms with van der Waals surface area (Å²) in [5.41, 5.74) is 5.60. The molecule has 0 unspecified atom stereocenters. The summed E-state index contributed by atoms with van der Waals surface area (Å²) in [4.78, 5) is 11.9. The Morgan fingerprint density at radius 1 is 1.08 bits per heavy atom. The van der Waals surface area contributed by atoms with Crippen LogP contribution in [0.15, 0.2) is 65.8 Å². The first kappa shape index (κ1) is 19.4. The molecule has 4 nitrogen and oxygen atoms in total. The van der Waals surface area contributed by atoms with Crippen LogP contribution in [-0.4, -0.2) is 18.2 Å². The summed E-state index contributed by atoms with van der Waals surface area (Å²) >= 11 is 0. The van der Waals surface area contributed by atoms with Gasteiger partial charge in [-0.15, -0.1) is 0 Å².